The number of hydrogen-bond donors (Lipinski definition) is 1. The van der Waals surface area contributed by atoms with Gasteiger partial charge in [0.1, 0.15) is 0 Å². The lowest BCUT2D eigenvalue weighted by Gasteiger charge is -2.37. The molecule has 3 aliphatic heterocycles. The summed E-state index contributed by atoms with van der Waals surface area (Å²) in [5.41, 5.74) is 0. The molecule has 5 nitrogen and oxygen atoms in total. The van der Waals surface area contributed by atoms with E-state index < -0.39 is 0 Å². The molecule has 3 unspecified atom stereocenters. The summed E-state index contributed by atoms with van der Waals surface area (Å²) in [7, 11) is 0. The largest absolute Gasteiger partial charge is 0.339 e. The maximum Gasteiger partial charge on any atom is 0.227 e. The highest BCUT2D eigenvalue weighted by Gasteiger charge is 2.44. The number of amides is 2. The van der Waals surface area contributed by atoms with Crippen molar-refractivity contribution in [3.63, 3.8) is 0 Å². The molecular formula is C15H23N3O2. The molecule has 1 aliphatic carbocycles. The number of nitrogens with one attached hydrogen (secondary N) is 1. The Hall–Kier alpha value is -1.10. The number of hydrogen-bond acceptors (Lipinski definition) is 3. The molecule has 3 heterocycles. The van der Waals surface area contributed by atoms with Crippen LogP contribution in [0.15, 0.2) is 0 Å². The molecule has 110 valence electrons. The van der Waals surface area contributed by atoms with Crippen LogP contribution in [0.1, 0.15) is 32.1 Å². The van der Waals surface area contributed by atoms with Gasteiger partial charge in [-0.05, 0) is 32.1 Å². The van der Waals surface area contributed by atoms with Crippen molar-refractivity contribution in [2.24, 2.45) is 11.8 Å². The first-order valence-electron chi connectivity index (χ1n) is 8.06. The number of rotatable bonds is 2. The summed E-state index contributed by atoms with van der Waals surface area (Å²) in [5.74, 6) is 1.13. The van der Waals surface area contributed by atoms with Gasteiger partial charge in [0.15, 0.2) is 0 Å². The van der Waals surface area contributed by atoms with Crippen molar-refractivity contribution in [1.82, 2.24) is 15.1 Å². The van der Waals surface area contributed by atoms with Gasteiger partial charge in [-0.1, -0.05) is 0 Å². The zero-order valence-corrected chi connectivity index (χ0v) is 11.9. The molecule has 3 saturated heterocycles. The molecule has 2 bridgehead atoms. The Balaban J connectivity index is 1.32. The van der Waals surface area contributed by atoms with E-state index >= 15 is 0 Å². The normalized spacial score (nSPS) is 36.5. The standard InChI is InChI=1S/C15H23N3O2/c19-14(10-1-2-10)17-5-7-18(8-6-17)15(20)12-9-11-3-4-13(12)16-11/h10-13,16H,1-9H2. The van der Waals surface area contributed by atoms with Gasteiger partial charge < -0.3 is 15.1 Å². The lowest BCUT2D eigenvalue weighted by Crippen LogP contribution is -2.53. The van der Waals surface area contributed by atoms with Crippen LogP contribution in [0, 0.1) is 11.8 Å². The van der Waals surface area contributed by atoms with Crippen LogP contribution in [0.25, 0.3) is 0 Å². The van der Waals surface area contributed by atoms with Crippen molar-refractivity contribution in [1.29, 1.82) is 0 Å². The Kier molecular flexibility index (Phi) is 2.98. The molecule has 0 radical (unpaired) electrons. The second-order valence-electron chi connectivity index (χ2n) is 6.81. The fourth-order valence-electron chi connectivity index (χ4n) is 4.07. The lowest BCUT2D eigenvalue weighted by atomic mass is 9.88. The Morgan fingerprint density at radius 2 is 1.50 bits per heavy atom. The van der Waals surface area contributed by atoms with E-state index in [2.05, 4.69) is 5.32 Å². The van der Waals surface area contributed by atoms with Crippen LogP contribution in [0.5, 0.6) is 0 Å². The third kappa shape index (κ3) is 2.12. The van der Waals surface area contributed by atoms with E-state index in [1.54, 1.807) is 0 Å². The first-order chi connectivity index (χ1) is 9.72. The van der Waals surface area contributed by atoms with Gasteiger partial charge in [-0.25, -0.2) is 0 Å². The summed E-state index contributed by atoms with van der Waals surface area (Å²) in [4.78, 5) is 28.6. The van der Waals surface area contributed by atoms with Gasteiger partial charge in [-0.2, -0.15) is 0 Å². The molecular weight excluding hydrogens is 254 g/mol. The highest BCUT2D eigenvalue weighted by Crippen LogP contribution is 2.35. The van der Waals surface area contributed by atoms with E-state index in [0.29, 0.717) is 29.8 Å². The minimum Gasteiger partial charge on any atom is -0.339 e. The fourth-order valence-corrected chi connectivity index (χ4v) is 4.07. The van der Waals surface area contributed by atoms with Gasteiger partial charge in [0.25, 0.3) is 0 Å². The second-order valence-corrected chi connectivity index (χ2v) is 6.81. The van der Waals surface area contributed by atoms with Crippen molar-refractivity contribution in [2.75, 3.05) is 26.2 Å². The highest BCUT2D eigenvalue weighted by molar-refractivity contribution is 5.82. The summed E-state index contributed by atoms with van der Waals surface area (Å²) >= 11 is 0. The first kappa shape index (κ1) is 12.6. The van der Waals surface area contributed by atoms with Gasteiger partial charge in [-0.15, -0.1) is 0 Å². The Morgan fingerprint density at radius 3 is 2.00 bits per heavy atom. The number of carbonyl (C=O) groups is 2. The van der Waals surface area contributed by atoms with Crippen molar-refractivity contribution in [2.45, 2.75) is 44.2 Å². The summed E-state index contributed by atoms with van der Waals surface area (Å²) < 4.78 is 0. The minimum atomic E-state index is 0.194. The summed E-state index contributed by atoms with van der Waals surface area (Å²) in [5, 5.41) is 3.54. The molecule has 4 aliphatic rings. The number of fused-ring (bicyclic) bond motifs is 2. The Bertz CT molecular complexity index is 427. The van der Waals surface area contributed by atoms with Crippen LogP contribution >= 0.6 is 0 Å². The van der Waals surface area contributed by atoms with Gasteiger partial charge in [0.05, 0.1) is 5.92 Å². The van der Waals surface area contributed by atoms with Crippen molar-refractivity contribution < 1.29 is 9.59 Å². The Morgan fingerprint density at radius 1 is 0.850 bits per heavy atom. The van der Waals surface area contributed by atoms with E-state index in [-0.39, 0.29) is 5.92 Å². The zero-order valence-electron chi connectivity index (χ0n) is 11.9. The van der Waals surface area contributed by atoms with E-state index in [1.807, 2.05) is 9.80 Å². The van der Waals surface area contributed by atoms with Crippen LogP contribution < -0.4 is 5.32 Å². The van der Waals surface area contributed by atoms with Crippen molar-refractivity contribution in [3.8, 4) is 0 Å². The van der Waals surface area contributed by atoms with Gasteiger partial charge >= 0.3 is 0 Å². The van der Waals surface area contributed by atoms with Crippen LogP contribution in [-0.4, -0.2) is 59.9 Å². The van der Waals surface area contributed by atoms with Gasteiger partial charge in [-0.3, -0.25) is 9.59 Å². The van der Waals surface area contributed by atoms with Gasteiger partial charge in [0, 0.05) is 44.2 Å². The SMILES string of the molecule is O=C(C1CC1)N1CCN(C(=O)C2CC3CCC2N3)CC1. The van der Waals surface area contributed by atoms with E-state index in [1.165, 1.54) is 6.42 Å². The Labute approximate surface area is 119 Å². The smallest absolute Gasteiger partial charge is 0.227 e. The van der Waals surface area contributed by atoms with Crippen LogP contribution in [0.2, 0.25) is 0 Å². The molecule has 0 spiro atoms. The molecule has 2 amide bonds. The maximum atomic E-state index is 12.6. The predicted molar refractivity (Wildman–Crippen MR) is 73.9 cm³/mol. The molecule has 1 saturated carbocycles. The second kappa shape index (κ2) is 4.72. The van der Waals surface area contributed by atoms with Gasteiger partial charge in [0.2, 0.25) is 11.8 Å². The molecule has 4 rings (SSSR count). The first-order valence-corrected chi connectivity index (χ1v) is 8.06. The third-order valence-electron chi connectivity index (χ3n) is 5.45. The summed E-state index contributed by atoms with van der Waals surface area (Å²) in [6, 6.07) is 0.991. The van der Waals surface area contributed by atoms with E-state index in [4.69, 9.17) is 0 Å². The van der Waals surface area contributed by atoms with Crippen LogP contribution in [-0.2, 0) is 9.59 Å². The highest BCUT2D eigenvalue weighted by atomic mass is 16.2. The number of nitrogens with zero attached hydrogens (tertiary/aromatic N) is 2. The maximum absolute atomic E-state index is 12.6. The molecule has 0 aromatic rings. The molecule has 3 atom stereocenters. The predicted octanol–water partition coefficient (Wildman–Crippen LogP) is 0.208. The van der Waals surface area contributed by atoms with Crippen LogP contribution in [0.3, 0.4) is 0 Å². The number of piperazine rings is 1. The van der Waals surface area contributed by atoms with Crippen molar-refractivity contribution in [3.05, 3.63) is 0 Å². The molecule has 0 aromatic heterocycles. The average Bonchev–Trinajstić information content (AvgIpc) is 3.13. The lowest BCUT2D eigenvalue weighted by molar-refractivity contribution is -0.143. The summed E-state index contributed by atoms with van der Waals surface area (Å²) in [6.07, 6.45) is 5.54. The monoisotopic (exact) mass is 277 g/mol. The molecule has 4 fully saturated rings. The zero-order chi connectivity index (χ0) is 13.7. The molecule has 0 aromatic carbocycles. The molecule has 1 N–H and O–H groups in total. The van der Waals surface area contributed by atoms with E-state index in [9.17, 15) is 9.59 Å². The molecule has 20 heavy (non-hydrogen) atoms. The number of carbonyl (C=O) groups excluding carboxylic acids is 2. The third-order valence-corrected chi connectivity index (χ3v) is 5.45. The van der Waals surface area contributed by atoms with Crippen molar-refractivity contribution >= 4 is 11.8 Å². The quantitative estimate of drug-likeness (QED) is 0.785. The fraction of sp³-hybridized carbons (Fsp3) is 0.867. The topological polar surface area (TPSA) is 52.7 Å². The minimum absolute atomic E-state index is 0.194. The van der Waals surface area contributed by atoms with Crippen LogP contribution in [0.4, 0.5) is 0 Å². The average molecular weight is 277 g/mol. The summed E-state index contributed by atoms with van der Waals surface area (Å²) in [6.45, 7) is 2.92. The molecule has 5 heteroatoms. The van der Waals surface area contributed by atoms with E-state index in [0.717, 1.165) is 51.9 Å².